The normalized spacial score (nSPS) is 13.5. The second-order valence-corrected chi connectivity index (χ2v) is 25.2. The fourth-order valence-corrected chi connectivity index (χ4v) is 9.86. The Hall–Kier alpha value is -4.57. The Morgan fingerprint density at radius 2 is 0.640 bits per heavy atom. The zero-order valence-corrected chi connectivity index (χ0v) is 58.0. The number of carbonyl (C=O) groups is 3. The minimum absolute atomic E-state index is 0.179. The Balaban J connectivity index is 4.19. The number of hydrogen-bond acceptors (Lipinski definition) is 7. The summed E-state index contributed by atoms with van der Waals surface area (Å²) in [6, 6.07) is 0. The molecule has 0 spiro atoms. The van der Waals surface area contributed by atoms with Crippen molar-refractivity contribution in [2.45, 2.75) is 309 Å². The number of allylic oxidation sites excluding steroid dienone is 22. The van der Waals surface area contributed by atoms with Gasteiger partial charge in [-0.05, 0) is 116 Å². The molecule has 0 aromatic heterocycles. The van der Waals surface area contributed by atoms with Crippen molar-refractivity contribution in [3.05, 3.63) is 134 Å². The van der Waals surface area contributed by atoms with Gasteiger partial charge in [0.15, 0.2) is 6.10 Å². The Labute approximate surface area is 548 Å². The molecular formula is C80H136NO8+. The van der Waals surface area contributed by atoms with Crippen LogP contribution >= 0.6 is 0 Å². The highest BCUT2D eigenvalue weighted by atomic mass is 16.7. The van der Waals surface area contributed by atoms with Crippen LogP contribution in [0, 0.1) is 0 Å². The van der Waals surface area contributed by atoms with Crippen LogP contribution in [-0.2, 0) is 33.3 Å². The maximum atomic E-state index is 13.0. The van der Waals surface area contributed by atoms with Crippen LogP contribution in [0.5, 0.6) is 0 Å². The van der Waals surface area contributed by atoms with Gasteiger partial charge in [0.1, 0.15) is 13.2 Å². The Morgan fingerprint density at radius 3 is 0.966 bits per heavy atom. The number of ether oxygens (including phenoxy) is 4. The third kappa shape index (κ3) is 70.7. The molecule has 0 amide bonds. The quantitative estimate of drug-likeness (QED) is 0.0211. The van der Waals surface area contributed by atoms with Gasteiger partial charge in [0.25, 0.3) is 6.29 Å². The molecular weight excluding hydrogens is 1100 g/mol. The van der Waals surface area contributed by atoms with Crippen LogP contribution in [0.15, 0.2) is 134 Å². The lowest BCUT2D eigenvalue weighted by molar-refractivity contribution is -0.870. The summed E-state index contributed by atoms with van der Waals surface area (Å²) in [5.74, 6) is -2.03. The van der Waals surface area contributed by atoms with Gasteiger partial charge in [0.05, 0.1) is 34.4 Å². The molecule has 0 radical (unpaired) electrons. The monoisotopic (exact) mass is 1240 g/mol. The number of quaternary nitrogens is 1. The van der Waals surface area contributed by atoms with E-state index in [9.17, 15) is 19.5 Å². The lowest BCUT2D eigenvalue weighted by Crippen LogP contribution is -2.40. The van der Waals surface area contributed by atoms with E-state index in [0.29, 0.717) is 23.9 Å². The molecule has 0 aliphatic carbocycles. The number of rotatable bonds is 66. The molecule has 89 heavy (non-hydrogen) atoms. The van der Waals surface area contributed by atoms with Gasteiger partial charge in [-0.3, -0.25) is 9.59 Å². The van der Waals surface area contributed by atoms with E-state index in [-0.39, 0.29) is 32.2 Å². The lowest BCUT2D eigenvalue weighted by Gasteiger charge is -2.25. The van der Waals surface area contributed by atoms with Crippen molar-refractivity contribution in [1.82, 2.24) is 0 Å². The minimum Gasteiger partial charge on any atom is -0.477 e. The van der Waals surface area contributed by atoms with Crippen LogP contribution in [0.25, 0.3) is 0 Å². The predicted octanol–water partition coefficient (Wildman–Crippen LogP) is 22.9. The second kappa shape index (κ2) is 69.3. The van der Waals surface area contributed by atoms with Gasteiger partial charge in [0.2, 0.25) is 0 Å². The molecule has 0 aromatic rings. The number of hydrogen-bond donors (Lipinski definition) is 1. The number of likely N-dealkylation sites (N-methyl/N-ethyl adjacent to an activating group) is 1. The number of nitrogens with zero attached hydrogens (tertiary/aromatic N) is 1. The summed E-state index contributed by atoms with van der Waals surface area (Å²) in [5, 5.41) is 9.75. The van der Waals surface area contributed by atoms with E-state index in [1.54, 1.807) is 0 Å². The topological polar surface area (TPSA) is 108 Å². The van der Waals surface area contributed by atoms with E-state index in [0.717, 1.165) is 122 Å². The Morgan fingerprint density at radius 1 is 0.348 bits per heavy atom. The van der Waals surface area contributed by atoms with Gasteiger partial charge in [-0.25, -0.2) is 4.79 Å². The molecule has 2 atom stereocenters. The third-order valence-electron chi connectivity index (χ3n) is 15.4. The van der Waals surface area contributed by atoms with Crippen molar-refractivity contribution >= 4 is 17.9 Å². The van der Waals surface area contributed by atoms with E-state index in [1.807, 2.05) is 21.1 Å². The summed E-state index contributed by atoms with van der Waals surface area (Å²) in [6.07, 6.45) is 97.1. The van der Waals surface area contributed by atoms with Crippen molar-refractivity contribution in [2.75, 3.05) is 47.5 Å². The van der Waals surface area contributed by atoms with E-state index in [1.165, 1.54) is 141 Å². The molecule has 9 heteroatoms. The van der Waals surface area contributed by atoms with Crippen LogP contribution in [0.3, 0.4) is 0 Å². The number of esters is 2. The molecule has 2 unspecified atom stereocenters. The predicted molar refractivity (Wildman–Crippen MR) is 382 cm³/mol. The molecule has 0 aromatic carbocycles. The van der Waals surface area contributed by atoms with E-state index >= 15 is 0 Å². The van der Waals surface area contributed by atoms with E-state index < -0.39 is 24.3 Å². The molecule has 508 valence electrons. The van der Waals surface area contributed by atoms with Crippen LogP contribution in [0.4, 0.5) is 0 Å². The summed E-state index contributed by atoms with van der Waals surface area (Å²) in [4.78, 5) is 37.7. The van der Waals surface area contributed by atoms with Gasteiger partial charge in [0, 0.05) is 12.8 Å². The van der Waals surface area contributed by atoms with Gasteiger partial charge in [-0.2, -0.15) is 0 Å². The lowest BCUT2D eigenvalue weighted by atomic mass is 10.0. The van der Waals surface area contributed by atoms with Gasteiger partial charge in [-0.1, -0.05) is 302 Å². The van der Waals surface area contributed by atoms with Gasteiger partial charge in [-0.15, -0.1) is 0 Å². The fourth-order valence-electron chi connectivity index (χ4n) is 9.86. The Bertz CT molecular complexity index is 1930. The molecule has 0 aliphatic rings. The summed E-state index contributed by atoms with van der Waals surface area (Å²) < 4.78 is 23.0. The van der Waals surface area contributed by atoms with Crippen LogP contribution in [-0.4, -0.2) is 87.4 Å². The number of carbonyl (C=O) groups excluding carboxylic acids is 2. The van der Waals surface area contributed by atoms with Crippen LogP contribution in [0.1, 0.15) is 296 Å². The smallest absolute Gasteiger partial charge is 0.361 e. The SMILES string of the molecule is CC/C=C\C/C=C\C/C=C\C/C=C\C/C=C\C/C=C\C/C=C\C/C=C\C/C=C\C/C=C\CCCCCCCCC(=O)OC(COC(=O)CCCCCCCCCCCCCCCCC/C=C\CCCCCCCCCC)COC(OCC[N+](C)(C)C)C(=O)O. The molecule has 0 aliphatic heterocycles. The second-order valence-electron chi connectivity index (χ2n) is 25.2. The Kier molecular flexibility index (Phi) is 65.8. The molecule has 9 nitrogen and oxygen atoms in total. The number of carboxylic acids is 1. The molecule has 1 N–H and O–H groups in total. The molecule has 0 saturated heterocycles. The summed E-state index contributed by atoms with van der Waals surface area (Å²) in [7, 11) is 5.97. The van der Waals surface area contributed by atoms with Crippen LogP contribution in [0.2, 0.25) is 0 Å². The minimum atomic E-state index is -1.52. The van der Waals surface area contributed by atoms with E-state index in [4.69, 9.17) is 18.9 Å². The molecule has 0 fully saturated rings. The number of aliphatic carboxylic acids is 1. The number of unbranched alkanes of at least 4 members (excludes halogenated alkanes) is 29. The average Bonchev–Trinajstić information content (AvgIpc) is 3.70. The van der Waals surface area contributed by atoms with Crippen molar-refractivity contribution < 1.29 is 42.9 Å². The average molecular weight is 1240 g/mol. The fraction of sp³-hybridized carbons (Fsp3) is 0.688. The molecule has 0 saturated carbocycles. The molecule has 0 heterocycles. The maximum absolute atomic E-state index is 13.0. The highest BCUT2D eigenvalue weighted by Gasteiger charge is 2.25. The van der Waals surface area contributed by atoms with E-state index in [2.05, 4.69) is 148 Å². The molecule has 0 rings (SSSR count). The zero-order chi connectivity index (χ0) is 64.7. The van der Waals surface area contributed by atoms with Gasteiger partial charge < -0.3 is 28.5 Å². The highest BCUT2D eigenvalue weighted by molar-refractivity contribution is 5.71. The largest absolute Gasteiger partial charge is 0.477 e. The molecule has 0 bridgehead atoms. The first kappa shape index (κ1) is 84.4. The standard InChI is InChI=1S/C80H135NO8/c1-6-8-10-12-14-16-18-20-22-24-26-28-30-32-34-35-36-37-38-39-40-41-42-43-45-47-49-51-53-55-57-59-61-63-65-67-69-71-78(83)89-76(75-88-80(79(84)85)86-73-72-81(3,4)5)74-87-77(82)70-68-66-64-62-60-58-56-54-52-50-48-46-44-33-31-29-27-25-23-21-19-17-15-13-11-9-7-2/h8,10,14,16,20,22,25-28,32,34,36-37,39-40,42-43,47,49,53,55,76,80H,6-7,9,11-13,15,17-19,21,23-24,29-31,33,35,38,41,44-46,48,50-52,54,56-75H2,1-5H3/p+1/b10-8-,16-14-,22-20-,27-25-,28-26-,34-32-,37-36-,40-39-,43-42-,49-47-,55-53-. The van der Waals surface area contributed by atoms with Crippen molar-refractivity contribution in [3.8, 4) is 0 Å². The highest BCUT2D eigenvalue weighted by Crippen LogP contribution is 2.17. The summed E-state index contributed by atoms with van der Waals surface area (Å²) in [5.41, 5.74) is 0. The van der Waals surface area contributed by atoms with Crippen molar-refractivity contribution in [3.63, 3.8) is 0 Å². The summed E-state index contributed by atoms with van der Waals surface area (Å²) >= 11 is 0. The zero-order valence-electron chi connectivity index (χ0n) is 58.0. The third-order valence-corrected chi connectivity index (χ3v) is 15.4. The summed E-state index contributed by atoms with van der Waals surface area (Å²) in [6.45, 7) is 4.76. The maximum Gasteiger partial charge on any atom is 0.361 e. The van der Waals surface area contributed by atoms with Crippen molar-refractivity contribution in [2.24, 2.45) is 0 Å². The van der Waals surface area contributed by atoms with Gasteiger partial charge >= 0.3 is 17.9 Å². The first-order valence-electron chi connectivity index (χ1n) is 36.3. The van der Waals surface area contributed by atoms with Crippen molar-refractivity contribution in [1.29, 1.82) is 0 Å². The number of carboxylic acid groups (broad SMARTS) is 1. The first-order chi connectivity index (χ1) is 43.6. The van der Waals surface area contributed by atoms with Crippen LogP contribution < -0.4 is 0 Å². The first-order valence-corrected chi connectivity index (χ1v) is 36.3.